The molecule has 0 amide bonds. The second-order valence-corrected chi connectivity index (χ2v) is 5.03. The Morgan fingerprint density at radius 3 is 2.48 bits per heavy atom. The molecule has 0 radical (unpaired) electrons. The van der Waals surface area contributed by atoms with Gasteiger partial charge in [-0.25, -0.2) is 4.79 Å². The standard InChI is InChI=1S/C17H18O6/c1-4-11-9-12(21-14(18)5-2)7-8-13(11)17(6-3)22-15(19)10-16(20)23-17/h5,7-9H,2,4,6,10H2,1,3H3. The van der Waals surface area contributed by atoms with Crippen molar-refractivity contribution in [3.8, 4) is 5.75 Å². The minimum Gasteiger partial charge on any atom is -0.423 e. The van der Waals surface area contributed by atoms with Crippen LogP contribution in [0.15, 0.2) is 30.9 Å². The average Bonchev–Trinajstić information content (AvgIpc) is 2.53. The first-order chi connectivity index (χ1) is 10.9. The van der Waals surface area contributed by atoms with Gasteiger partial charge < -0.3 is 14.2 Å². The Balaban J connectivity index is 2.44. The van der Waals surface area contributed by atoms with E-state index in [1.807, 2.05) is 6.92 Å². The number of cyclic esters (lactones) is 2. The lowest BCUT2D eigenvalue weighted by atomic mass is 9.94. The summed E-state index contributed by atoms with van der Waals surface area (Å²) in [7, 11) is 0. The molecule has 0 atom stereocenters. The molecule has 1 aliphatic rings. The first kappa shape index (κ1) is 16.7. The molecule has 0 unspecified atom stereocenters. The smallest absolute Gasteiger partial charge is 0.335 e. The summed E-state index contributed by atoms with van der Waals surface area (Å²) in [6.45, 7) is 7.00. The van der Waals surface area contributed by atoms with Crippen LogP contribution in [-0.2, 0) is 36.1 Å². The number of hydrogen-bond acceptors (Lipinski definition) is 6. The van der Waals surface area contributed by atoms with Gasteiger partial charge in [0.25, 0.3) is 5.79 Å². The summed E-state index contributed by atoms with van der Waals surface area (Å²) >= 11 is 0. The van der Waals surface area contributed by atoms with E-state index >= 15 is 0 Å². The topological polar surface area (TPSA) is 78.9 Å². The molecule has 1 aliphatic heterocycles. The van der Waals surface area contributed by atoms with Gasteiger partial charge in [0.15, 0.2) is 0 Å². The fourth-order valence-corrected chi connectivity index (χ4v) is 2.48. The minimum absolute atomic E-state index is 0.281. The molecule has 23 heavy (non-hydrogen) atoms. The zero-order valence-corrected chi connectivity index (χ0v) is 13.1. The number of hydrogen-bond donors (Lipinski definition) is 0. The normalized spacial score (nSPS) is 16.3. The number of ether oxygens (including phenoxy) is 3. The number of benzene rings is 1. The van der Waals surface area contributed by atoms with Gasteiger partial charge in [0, 0.05) is 18.1 Å². The van der Waals surface area contributed by atoms with Crippen molar-refractivity contribution in [3.63, 3.8) is 0 Å². The molecule has 0 saturated carbocycles. The number of carbonyl (C=O) groups excluding carboxylic acids is 3. The molecule has 0 aliphatic carbocycles. The molecule has 0 aromatic heterocycles. The van der Waals surface area contributed by atoms with Gasteiger partial charge in [-0.1, -0.05) is 20.4 Å². The SMILES string of the molecule is C=CC(=O)Oc1ccc(C2(CC)OC(=O)CC(=O)O2)c(CC)c1. The van der Waals surface area contributed by atoms with E-state index in [0.29, 0.717) is 17.7 Å². The number of esters is 3. The average molecular weight is 318 g/mol. The predicted octanol–water partition coefficient (Wildman–Crippen LogP) is 2.39. The largest absolute Gasteiger partial charge is 0.423 e. The van der Waals surface area contributed by atoms with Crippen LogP contribution in [0.2, 0.25) is 0 Å². The quantitative estimate of drug-likeness (QED) is 0.359. The Morgan fingerprint density at radius 2 is 1.96 bits per heavy atom. The van der Waals surface area contributed by atoms with Gasteiger partial charge in [0.1, 0.15) is 12.2 Å². The Morgan fingerprint density at radius 1 is 1.30 bits per heavy atom. The second kappa shape index (κ2) is 6.64. The highest BCUT2D eigenvalue weighted by Gasteiger charge is 2.44. The fourth-order valence-electron chi connectivity index (χ4n) is 2.48. The van der Waals surface area contributed by atoms with E-state index in [9.17, 15) is 14.4 Å². The first-order valence-electron chi connectivity index (χ1n) is 7.35. The van der Waals surface area contributed by atoms with Gasteiger partial charge in [-0.05, 0) is 30.2 Å². The number of aryl methyl sites for hydroxylation is 1. The number of rotatable bonds is 5. The molecule has 0 spiro atoms. The molecule has 1 saturated heterocycles. The molecule has 0 bridgehead atoms. The Kier molecular flexibility index (Phi) is 4.83. The van der Waals surface area contributed by atoms with Gasteiger partial charge in [-0.2, -0.15) is 0 Å². The van der Waals surface area contributed by atoms with Gasteiger partial charge in [-0.15, -0.1) is 0 Å². The summed E-state index contributed by atoms with van der Waals surface area (Å²) in [6, 6.07) is 4.86. The molecule has 1 fully saturated rings. The van der Waals surface area contributed by atoms with Crippen molar-refractivity contribution in [1.82, 2.24) is 0 Å². The molecule has 1 heterocycles. The summed E-state index contributed by atoms with van der Waals surface area (Å²) in [5.41, 5.74) is 1.33. The van der Waals surface area contributed by atoms with Gasteiger partial charge in [0.2, 0.25) is 0 Å². The summed E-state index contributed by atoms with van der Waals surface area (Å²) in [5, 5.41) is 0. The molecule has 1 aromatic rings. The summed E-state index contributed by atoms with van der Waals surface area (Å²) < 4.78 is 15.8. The maximum absolute atomic E-state index is 11.7. The van der Waals surface area contributed by atoms with Gasteiger partial charge >= 0.3 is 17.9 Å². The third-order valence-corrected chi connectivity index (χ3v) is 3.56. The van der Waals surface area contributed by atoms with Crippen LogP contribution >= 0.6 is 0 Å². The van der Waals surface area contributed by atoms with Gasteiger partial charge in [0.05, 0.1) is 0 Å². The number of carbonyl (C=O) groups is 3. The summed E-state index contributed by atoms with van der Waals surface area (Å²) in [4.78, 5) is 34.6. The molecule has 122 valence electrons. The zero-order valence-electron chi connectivity index (χ0n) is 13.1. The third kappa shape index (κ3) is 3.41. The molecule has 1 aromatic carbocycles. The van der Waals surface area contributed by atoms with Crippen molar-refractivity contribution in [2.45, 2.75) is 38.9 Å². The van der Waals surface area contributed by atoms with E-state index in [0.717, 1.165) is 11.6 Å². The summed E-state index contributed by atoms with van der Waals surface area (Å²) in [6.07, 6.45) is 1.53. The first-order valence-corrected chi connectivity index (χ1v) is 7.35. The minimum atomic E-state index is -1.43. The Labute approximate surface area is 134 Å². The Hall–Kier alpha value is -2.63. The van der Waals surface area contributed by atoms with Crippen LogP contribution in [0.5, 0.6) is 5.75 Å². The lowest BCUT2D eigenvalue weighted by Crippen LogP contribution is -2.43. The molecule has 6 heteroatoms. The van der Waals surface area contributed by atoms with Crippen LogP contribution in [0.25, 0.3) is 0 Å². The highest BCUT2D eigenvalue weighted by molar-refractivity contribution is 5.93. The van der Waals surface area contributed by atoms with E-state index in [4.69, 9.17) is 14.2 Å². The predicted molar refractivity (Wildman–Crippen MR) is 80.4 cm³/mol. The maximum Gasteiger partial charge on any atom is 0.335 e. The molecule has 6 nitrogen and oxygen atoms in total. The highest BCUT2D eigenvalue weighted by atomic mass is 16.7. The second-order valence-electron chi connectivity index (χ2n) is 5.03. The molecule has 0 N–H and O–H groups in total. The van der Waals surface area contributed by atoms with E-state index < -0.39 is 30.1 Å². The van der Waals surface area contributed by atoms with Gasteiger partial charge in [-0.3, -0.25) is 9.59 Å². The van der Waals surface area contributed by atoms with Crippen LogP contribution in [-0.4, -0.2) is 17.9 Å². The van der Waals surface area contributed by atoms with Crippen molar-refractivity contribution < 1.29 is 28.6 Å². The fraction of sp³-hybridized carbons (Fsp3) is 0.353. The lowest BCUT2D eigenvalue weighted by molar-refractivity contribution is -0.251. The van der Waals surface area contributed by atoms with Crippen molar-refractivity contribution in [3.05, 3.63) is 42.0 Å². The van der Waals surface area contributed by atoms with Crippen molar-refractivity contribution in [2.75, 3.05) is 0 Å². The summed E-state index contributed by atoms with van der Waals surface area (Å²) in [5.74, 6) is -2.89. The lowest BCUT2D eigenvalue weighted by Gasteiger charge is -2.36. The van der Waals surface area contributed by atoms with E-state index in [2.05, 4.69) is 6.58 Å². The van der Waals surface area contributed by atoms with Crippen molar-refractivity contribution in [2.24, 2.45) is 0 Å². The van der Waals surface area contributed by atoms with Crippen LogP contribution in [0.1, 0.15) is 37.8 Å². The zero-order chi connectivity index (χ0) is 17.0. The third-order valence-electron chi connectivity index (χ3n) is 3.56. The molecule has 2 rings (SSSR count). The van der Waals surface area contributed by atoms with Crippen molar-refractivity contribution in [1.29, 1.82) is 0 Å². The van der Waals surface area contributed by atoms with Crippen LogP contribution in [0.3, 0.4) is 0 Å². The van der Waals surface area contributed by atoms with E-state index in [1.54, 1.807) is 25.1 Å². The van der Waals surface area contributed by atoms with Crippen LogP contribution < -0.4 is 4.74 Å². The van der Waals surface area contributed by atoms with Crippen LogP contribution in [0.4, 0.5) is 0 Å². The van der Waals surface area contributed by atoms with Crippen molar-refractivity contribution >= 4 is 17.9 Å². The monoisotopic (exact) mass is 318 g/mol. The molecular formula is C17H18O6. The van der Waals surface area contributed by atoms with Crippen LogP contribution in [0, 0.1) is 0 Å². The molecular weight excluding hydrogens is 300 g/mol. The highest BCUT2D eigenvalue weighted by Crippen LogP contribution is 2.38. The van der Waals surface area contributed by atoms with E-state index in [-0.39, 0.29) is 6.42 Å². The maximum atomic E-state index is 11.7. The van der Waals surface area contributed by atoms with E-state index in [1.165, 1.54) is 0 Å². The Bertz CT molecular complexity index is 645.